The number of pyridine rings is 1. The maximum atomic E-state index is 9.81. The molecule has 0 saturated heterocycles. The second kappa shape index (κ2) is 12.9. The van der Waals surface area contributed by atoms with Gasteiger partial charge in [-0.25, -0.2) is 0 Å². The number of fused-ring (bicyclic) bond motifs is 8. The van der Waals surface area contributed by atoms with Crippen LogP contribution in [0.4, 0.5) is 0 Å². The predicted octanol–water partition coefficient (Wildman–Crippen LogP) is 14.4. The fourth-order valence-electron chi connectivity index (χ4n) is 9.47. The summed E-state index contributed by atoms with van der Waals surface area (Å²) >= 11 is 0. The minimum atomic E-state index is 0.646. The maximum absolute atomic E-state index is 9.81. The second-order valence-electron chi connectivity index (χ2n) is 15.4. The Morgan fingerprint density at radius 1 is 0.362 bits per heavy atom. The van der Waals surface area contributed by atoms with Crippen LogP contribution in [0.1, 0.15) is 22.3 Å². The van der Waals surface area contributed by atoms with E-state index in [1.807, 2.05) is 42.6 Å². The molecule has 0 atom stereocenters. The zero-order chi connectivity index (χ0) is 39.1. The summed E-state index contributed by atoms with van der Waals surface area (Å²) in [6, 6.07) is 61.0. The molecule has 0 fully saturated rings. The smallest absolute Gasteiger partial charge is 0.0991 e. The standard InChI is InChI=1S/C55H33N3/c1-32-23-34(30-56)14-17-38(32)46-27-52-48(41-19-16-37(25-45(41)46)54-13-6-7-22-58-54)26-47(39-18-15-35(31-57)24-33(39)2)51-28-49-43-12-8-11-42-40(36-9-4-3-5-10-36)20-21-44(55(42)43)50(49)29-53(51)52/h3-29H,1-2H3. The lowest BCUT2D eigenvalue weighted by Crippen LogP contribution is -1.94. The van der Waals surface area contributed by atoms with Gasteiger partial charge in [0.2, 0.25) is 0 Å². The fraction of sp³-hybridized carbons (Fsp3) is 0.0364. The van der Waals surface area contributed by atoms with E-state index in [9.17, 15) is 10.5 Å². The molecule has 1 aromatic heterocycles. The zero-order valence-corrected chi connectivity index (χ0v) is 31.9. The van der Waals surface area contributed by atoms with Crippen LogP contribution in [0.3, 0.4) is 0 Å². The van der Waals surface area contributed by atoms with Crippen molar-refractivity contribution in [3.05, 3.63) is 186 Å². The topological polar surface area (TPSA) is 60.5 Å². The average Bonchev–Trinajstić information content (AvgIpc) is 3.59. The van der Waals surface area contributed by atoms with Gasteiger partial charge in [-0.2, -0.15) is 10.5 Å². The van der Waals surface area contributed by atoms with Gasteiger partial charge in [-0.05, 0) is 190 Å². The van der Waals surface area contributed by atoms with Crippen molar-refractivity contribution in [2.75, 3.05) is 0 Å². The Bertz CT molecular complexity index is 3480. The lowest BCUT2D eigenvalue weighted by molar-refractivity contribution is 1.33. The molecule has 0 unspecified atom stereocenters. The van der Waals surface area contributed by atoms with E-state index in [-0.39, 0.29) is 0 Å². The lowest BCUT2D eigenvalue weighted by atomic mass is 9.84. The molecule has 9 aromatic carbocycles. The van der Waals surface area contributed by atoms with Gasteiger partial charge in [-0.1, -0.05) is 91.0 Å². The van der Waals surface area contributed by atoms with Gasteiger partial charge in [-0.15, -0.1) is 0 Å². The Morgan fingerprint density at radius 2 is 0.931 bits per heavy atom. The van der Waals surface area contributed by atoms with E-state index in [2.05, 4.69) is 147 Å². The van der Waals surface area contributed by atoms with E-state index in [0.29, 0.717) is 11.1 Å². The Morgan fingerprint density at radius 3 is 1.59 bits per heavy atom. The number of benzene rings is 9. The van der Waals surface area contributed by atoms with E-state index < -0.39 is 0 Å². The highest BCUT2D eigenvalue weighted by atomic mass is 14.7. The van der Waals surface area contributed by atoms with Gasteiger partial charge >= 0.3 is 0 Å². The van der Waals surface area contributed by atoms with E-state index >= 15 is 0 Å². The van der Waals surface area contributed by atoms with Crippen molar-refractivity contribution < 1.29 is 0 Å². The number of hydrogen-bond acceptors (Lipinski definition) is 3. The average molecular weight is 736 g/mol. The third-order valence-electron chi connectivity index (χ3n) is 12.2. The van der Waals surface area contributed by atoms with Crippen molar-refractivity contribution in [1.29, 1.82) is 10.5 Å². The normalized spacial score (nSPS) is 11.6. The quantitative estimate of drug-likeness (QED) is 0.169. The molecule has 1 heterocycles. The highest BCUT2D eigenvalue weighted by molar-refractivity contribution is 6.28. The van der Waals surface area contributed by atoms with Crippen molar-refractivity contribution in [1.82, 2.24) is 4.98 Å². The molecule has 3 heteroatoms. The summed E-state index contributed by atoms with van der Waals surface area (Å²) in [5, 5.41) is 29.1. The van der Waals surface area contributed by atoms with Crippen molar-refractivity contribution in [2.45, 2.75) is 13.8 Å². The molecular formula is C55H33N3. The predicted molar refractivity (Wildman–Crippen MR) is 239 cm³/mol. The first-order chi connectivity index (χ1) is 28.5. The van der Waals surface area contributed by atoms with Gasteiger partial charge in [0.05, 0.1) is 29.0 Å². The van der Waals surface area contributed by atoms with E-state index in [1.54, 1.807) is 0 Å². The molecule has 0 amide bonds. The van der Waals surface area contributed by atoms with Crippen molar-refractivity contribution >= 4 is 43.1 Å². The third kappa shape index (κ3) is 5.01. The second-order valence-corrected chi connectivity index (χ2v) is 15.4. The highest BCUT2D eigenvalue weighted by Crippen LogP contribution is 2.53. The van der Waals surface area contributed by atoms with Crippen molar-refractivity contribution in [3.8, 4) is 79.0 Å². The number of aromatic nitrogens is 1. The van der Waals surface area contributed by atoms with E-state index in [0.717, 1.165) is 66.2 Å². The molecule has 0 bridgehead atoms. The van der Waals surface area contributed by atoms with Crippen LogP contribution in [0.25, 0.3) is 110 Å². The Balaban J connectivity index is 1.28. The molecule has 268 valence electrons. The van der Waals surface area contributed by atoms with Gasteiger partial charge in [0.25, 0.3) is 0 Å². The first-order valence-corrected chi connectivity index (χ1v) is 19.6. The molecule has 0 saturated carbocycles. The van der Waals surface area contributed by atoms with Gasteiger partial charge < -0.3 is 0 Å². The number of nitriles is 2. The molecule has 0 radical (unpaired) electrons. The molecule has 1 aliphatic carbocycles. The Hall–Kier alpha value is -7.85. The number of nitrogens with zero attached hydrogens (tertiary/aromatic N) is 3. The lowest BCUT2D eigenvalue weighted by Gasteiger charge is -2.19. The highest BCUT2D eigenvalue weighted by Gasteiger charge is 2.26. The van der Waals surface area contributed by atoms with Crippen molar-refractivity contribution in [2.24, 2.45) is 0 Å². The van der Waals surface area contributed by atoms with Gasteiger partial charge in [0.15, 0.2) is 0 Å². The van der Waals surface area contributed by atoms with E-state index in [4.69, 9.17) is 4.98 Å². The Kier molecular flexibility index (Phi) is 7.42. The molecule has 0 spiro atoms. The maximum Gasteiger partial charge on any atom is 0.0991 e. The largest absolute Gasteiger partial charge is 0.256 e. The van der Waals surface area contributed by atoms with Crippen LogP contribution in [0.2, 0.25) is 0 Å². The molecule has 3 nitrogen and oxygen atoms in total. The molecular weight excluding hydrogens is 703 g/mol. The van der Waals surface area contributed by atoms with Crippen LogP contribution in [-0.4, -0.2) is 4.98 Å². The molecule has 0 aliphatic heterocycles. The number of aryl methyl sites for hydroxylation is 2. The summed E-state index contributed by atoms with van der Waals surface area (Å²) in [6.07, 6.45) is 1.84. The van der Waals surface area contributed by atoms with Crippen LogP contribution in [0.15, 0.2) is 164 Å². The zero-order valence-electron chi connectivity index (χ0n) is 31.9. The van der Waals surface area contributed by atoms with Crippen LogP contribution in [-0.2, 0) is 0 Å². The first-order valence-electron chi connectivity index (χ1n) is 19.6. The van der Waals surface area contributed by atoms with E-state index in [1.165, 1.54) is 54.9 Å². The summed E-state index contributed by atoms with van der Waals surface area (Å²) in [6.45, 7) is 4.20. The molecule has 1 aliphatic rings. The minimum absolute atomic E-state index is 0.646. The summed E-state index contributed by atoms with van der Waals surface area (Å²) in [5.41, 5.74) is 17.2. The summed E-state index contributed by atoms with van der Waals surface area (Å²) in [4.78, 5) is 4.71. The fourth-order valence-corrected chi connectivity index (χ4v) is 9.47. The third-order valence-corrected chi connectivity index (χ3v) is 12.2. The van der Waals surface area contributed by atoms with Gasteiger partial charge in [0, 0.05) is 11.8 Å². The van der Waals surface area contributed by atoms with Crippen LogP contribution < -0.4 is 0 Å². The number of hydrogen-bond donors (Lipinski definition) is 0. The van der Waals surface area contributed by atoms with Gasteiger partial charge in [-0.3, -0.25) is 4.98 Å². The monoisotopic (exact) mass is 735 g/mol. The van der Waals surface area contributed by atoms with Crippen LogP contribution in [0.5, 0.6) is 0 Å². The van der Waals surface area contributed by atoms with Gasteiger partial charge in [0.1, 0.15) is 0 Å². The number of rotatable bonds is 4. The minimum Gasteiger partial charge on any atom is -0.256 e. The molecule has 58 heavy (non-hydrogen) atoms. The Labute approximate surface area is 336 Å². The summed E-state index contributed by atoms with van der Waals surface area (Å²) < 4.78 is 0. The summed E-state index contributed by atoms with van der Waals surface area (Å²) in [5.74, 6) is 0. The molecule has 0 N–H and O–H groups in total. The van der Waals surface area contributed by atoms with Crippen LogP contribution in [0, 0.1) is 36.5 Å². The first kappa shape index (κ1) is 33.5. The molecule has 10 aromatic rings. The molecule has 11 rings (SSSR count). The SMILES string of the molecule is Cc1cc(C#N)ccc1-c1cc2c3cc4c(cc3c(-c3ccc(C#N)cc3C)cc2c2ccc(-c3ccccn3)cc12)-c1cccc2c(-c3ccccc3)ccc-4c12. The summed E-state index contributed by atoms with van der Waals surface area (Å²) in [7, 11) is 0. The van der Waals surface area contributed by atoms with Crippen molar-refractivity contribution in [3.63, 3.8) is 0 Å². The van der Waals surface area contributed by atoms with Crippen LogP contribution >= 0.6 is 0 Å².